The Morgan fingerprint density at radius 2 is 2.08 bits per heavy atom. The van der Waals surface area contributed by atoms with E-state index in [-0.39, 0.29) is 0 Å². The summed E-state index contributed by atoms with van der Waals surface area (Å²) in [4.78, 5) is 0. The topological polar surface area (TPSA) is 26.0 Å². The summed E-state index contributed by atoms with van der Waals surface area (Å²) in [6.45, 7) is 3.09. The lowest BCUT2D eigenvalue weighted by Crippen LogP contribution is -2.30. The normalized spacial score (nSPS) is 11.8. The second-order valence-corrected chi connectivity index (χ2v) is 4.03. The first-order chi connectivity index (χ1) is 5.96. The molecule has 1 rings (SSSR count). The number of hydrogen-bond acceptors (Lipinski definition) is 1. The first-order valence-corrected chi connectivity index (χ1v) is 4.47. The van der Waals surface area contributed by atoms with Gasteiger partial charge in [-0.3, -0.25) is 0 Å². The summed E-state index contributed by atoms with van der Waals surface area (Å²) in [5, 5.41) is 0.443. The molecule has 1 aromatic rings. The van der Waals surface area contributed by atoms with Crippen molar-refractivity contribution in [2.45, 2.75) is 26.1 Å². The minimum Gasteiger partial charge on any atom is -0.322 e. The second-order valence-electron chi connectivity index (χ2n) is 3.62. The van der Waals surface area contributed by atoms with Crippen molar-refractivity contribution in [2.75, 3.05) is 0 Å². The van der Waals surface area contributed by atoms with Gasteiger partial charge in [0.2, 0.25) is 0 Å². The molecule has 3 heteroatoms. The van der Waals surface area contributed by atoms with E-state index in [0.717, 1.165) is 5.56 Å². The predicted octanol–water partition coefficient (Wildman–Crippen LogP) is 3.00. The van der Waals surface area contributed by atoms with Crippen LogP contribution in [0.4, 0.5) is 4.39 Å². The number of rotatable bonds is 2. The molecule has 0 aliphatic carbocycles. The maximum Gasteiger partial charge on any atom is 0.116 e. The molecule has 0 saturated carbocycles. The molecular weight excluding hydrogens is 189 g/mol. The van der Waals surface area contributed by atoms with Gasteiger partial charge in [0.25, 0.3) is 0 Å². The molecule has 0 aliphatic heterocycles. The smallest absolute Gasteiger partial charge is 0.116 e. The van der Waals surface area contributed by atoms with Crippen LogP contribution in [0.25, 0.3) is 0 Å². The van der Waals surface area contributed by atoms with Crippen LogP contribution in [0.2, 0.25) is 5.02 Å². The van der Waals surface area contributed by atoms with Crippen molar-refractivity contribution in [1.82, 2.24) is 0 Å². The monoisotopic (exact) mass is 201 g/mol. The highest BCUT2D eigenvalue weighted by molar-refractivity contribution is 6.31. The first kappa shape index (κ1) is 10.5. The molecule has 0 spiro atoms. The van der Waals surface area contributed by atoms with E-state index in [1.807, 2.05) is 13.8 Å². The lowest BCUT2D eigenvalue weighted by atomic mass is 9.91. The molecule has 0 aliphatic rings. The Balaban J connectivity index is 3.29. The van der Waals surface area contributed by atoms with Crippen molar-refractivity contribution < 1.29 is 4.39 Å². The summed E-state index contributed by atoms with van der Waals surface area (Å²) in [7, 11) is 0. The van der Waals surface area contributed by atoms with Gasteiger partial charge in [-0.1, -0.05) is 23.7 Å². The second kappa shape index (κ2) is 3.64. The SMILES string of the molecule is CC(C)(N)c1cccc(Cl)c1CF. The molecule has 0 radical (unpaired) electrons. The van der Waals surface area contributed by atoms with E-state index in [1.54, 1.807) is 18.2 Å². The standard InChI is InChI=1S/C10H13ClFN/c1-10(2,13)8-4-3-5-9(11)7(8)6-12/h3-5H,6,13H2,1-2H3. The number of hydrogen-bond donors (Lipinski definition) is 1. The molecule has 0 aromatic heterocycles. The highest BCUT2D eigenvalue weighted by atomic mass is 35.5. The molecule has 0 fully saturated rings. The zero-order valence-corrected chi connectivity index (χ0v) is 8.53. The number of halogens is 2. The Labute approximate surface area is 82.7 Å². The summed E-state index contributed by atoms with van der Waals surface area (Å²) < 4.78 is 12.6. The first-order valence-electron chi connectivity index (χ1n) is 4.09. The summed E-state index contributed by atoms with van der Waals surface area (Å²) in [5.41, 5.74) is 6.59. The average Bonchev–Trinajstić information content (AvgIpc) is 2.02. The van der Waals surface area contributed by atoms with Crippen LogP contribution in [-0.2, 0) is 12.2 Å². The van der Waals surface area contributed by atoms with Gasteiger partial charge in [0.1, 0.15) is 6.67 Å². The van der Waals surface area contributed by atoms with Crippen molar-refractivity contribution in [2.24, 2.45) is 5.73 Å². The van der Waals surface area contributed by atoms with E-state index in [0.29, 0.717) is 10.6 Å². The maximum atomic E-state index is 12.6. The van der Waals surface area contributed by atoms with Crippen LogP contribution in [0.3, 0.4) is 0 Å². The van der Waals surface area contributed by atoms with Gasteiger partial charge in [-0.15, -0.1) is 0 Å². The van der Waals surface area contributed by atoms with E-state index in [2.05, 4.69) is 0 Å². The third-order valence-corrected chi connectivity index (χ3v) is 2.30. The fraction of sp³-hybridized carbons (Fsp3) is 0.400. The van der Waals surface area contributed by atoms with E-state index in [9.17, 15) is 4.39 Å². The van der Waals surface area contributed by atoms with Crippen molar-refractivity contribution in [1.29, 1.82) is 0 Å². The minimum atomic E-state index is -0.574. The Kier molecular flexibility index (Phi) is 2.94. The van der Waals surface area contributed by atoms with Crippen LogP contribution < -0.4 is 5.73 Å². The molecule has 13 heavy (non-hydrogen) atoms. The fourth-order valence-electron chi connectivity index (χ4n) is 1.30. The molecule has 1 aromatic carbocycles. The molecule has 0 atom stereocenters. The van der Waals surface area contributed by atoms with Crippen LogP contribution in [0.15, 0.2) is 18.2 Å². The molecule has 0 bridgehead atoms. The Morgan fingerprint density at radius 3 is 2.46 bits per heavy atom. The summed E-state index contributed by atoms with van der Waals surface area (Å²) in [5.74, 6) is 0. The largest absolute Gasteiger partial charge is 0.322 e. The maximum absolute atomic E-state index is 12.6. The summed E-state index contributed by atoms with van der Waals surface area (Å²) in [6.07, 6.45) is 0. The minimum absolute atomic E-state index is 0.443. The molecule has 0 unspecified atom stereocenters. The van der Waals surface area contributed by atoms with Gasteiger partial charge >= 0.3 is 0 Å². The number of alkyl halides is 1. The highest BCUT2D eigenvalue weighted by Crippen LogP contribution is 2.27. The Morgan fingerprint density at radius 1 is 1.46 bits per heavy atom. The predicted molar refractivity (Wildman–Crippen MR) is 53.5 cm³/mol. The summed E-state index contributed by atoms with van der Waals surface area (Å²) in [6, 6.07) is 5.26. The van der Waals surface area contributed by atoms with Gasteiger partial charge < -0.3 is 5.73 Å². The lowest BCUT2D eigenvalue weighted by molar-refractivity contribution is 0.466. The van der Waals surface area contributed by atoms with E-state index in [4.69, 9.17) is 17.3 Å². The molecular formula is C10H13ClFN. The van der Waals surface area contributed by atoms with Gasteiger partial charge in [0, 0.05) is 16.1 Å². The molecule has 0 heterocycles. The van der Waals surface area contributed by atoms with Crippen LogP contribution in [-0.4, -0.2) is 0 Å². The Hall–Kier alpha value is -0.600. The van der Waals surface area contributed by atoms with Gasteiger partial charge in [0.05, 0.1) is 0 Å². The van der Waals surface area contributed by atoms with Crippen molar-refractivity contribution in [3.05, 3.63) is 34.3 Å². The zero-order valence-electron chi connectivity index (χ0n) is 7.77. The van der Waals surface area contributed by atoms with Crippen LogP contribution >= 0.6 is 11.6 Å². The fourth-order valence-corrected chi connectivity index (χ4v) is 1.52. The average molecular weight is 202 g/mol. The van der Waals surface area contributed by atoms with Gasteiger partial charge in [0.15, 0.2) is 0 Å². The number of benzene rings is 1. The molecule has 0 saturated heterocycles. The molecule has 72 valence electrons. The molecule has 2 N–H and O–H groups in total. The van der Waals surface area contributed by atoms with Gasteiger partial charge in [-0.2, -0.15) is 0 Å². The highest BCUT2D eigenvalue weighted by Gasteiger charge is 2.19. The van der Waals surface area contributed by atoms with Crippen molar-refractivity contribution in [3.8, 4) is 0 Å². The lowest BCUT2D eigenvalue weighted by Gasteiger charge is -2.22. The van der Waals surface area contributed by atoms with E-state index >= 15 is 0 Å². The van der Waals surface area contributed by atoms with Crippen molar-refractivity contribution in [3.63, 3.8) is 0 Å². The molecule has 0 amide bonds. The quantitative estimate of drug-likeness (QED) is 0.782. The number of nitrogens with two attached hydrogens (primary N) is 1. The van der Waals surface area contributed by atoms with Crippen molar-refractivity contribution >= 4 is 11.6 Å². The summed E-state index contributed by atoms with van der Waals surface area (Å²) >= 11 is 5.84. The van der Waals surface area contributed by atoms with Gasteiger partial charge in [-0.25, -0.2) is 4.39 Å². The Bertz CT molecular complexity index is 304. The van der Waals surface area contributed by atoms with Crippen LogP contribution in [0, 0.1) is 0 Å². The van der Waals surface area contributed by atoms with Crippen LogP contribution in [0.1, 0.15) is 25.0 Å². The van der Waals surface area contributed by atoms with E-state index in [1.165, 1.54) is 0 Å². The van der Waals surface area contributed by atoms with Gasteiger partial charge in [-0.05, 0) is 25.5 Å². The van der Waals surface area contributed by atoms with Crippen LogP contribution in [0.5, 0.6) is 0 Å². The van der Waals surface area contributed by atoms with E-state index < -0.39 is 12.2 Å². The zero-order chi connectivity index (χ0) is 10.1. The molecule has 1 nitrogen and oxygen atoms in total. The third-order valence-electron chi connectivity index (χ3n) is 1.95. The third kappa shape index (κ3) is 2.20.